The van der Waals surface area contributed by atoms with E-state index in [0.29, 0.717) is 28.5 Å². The van der Waals surface area contributed by atoms with Crippen LogP contribution >= 0.6 is 11.3 Å². The van der Waals surface area contributed by atoms with E-state index < -0.39 is 5.97 Å². The third-order valence-electron chi connectivity index (χ3n) is 3.25. The second-order valence-electron chi connectivity index (χ2n) is 4.95. The lowest BCUT2D eigenvalue weighted by atomic mass is 10.1. The Bertz CT molecular complexity index is 920. The quantitative estimate of drug-likeness (QED) is 0.796. The highest BCUT2D eigenvalue weighted by atomic mass is 32.1. The fraction of sp³-hybridized carbons (Fsp3) is 0.125. The van der Waals surface area contributed by atoms with Crippen LogP contribution in [0.5, 0.6) is 0 Å². The molecule has 2 aromatic heterocycles. The van der Waals surface area contributed by atoms with Gasteiger partial charge in [-0.25, -0.2) is 9.78 Å². The average molecular weight is 324 g/mol. The Hall–Kier alpha value is -2.98. The molecule has 6 nitrogen and oxygen atoms in total. The molecular formula is C16H12N4O2S. The summed E-state index contributed by atoms with van der Waals surface area (Å²) in [5.74, 6) is -0.973. The van der Waals surface area contributed by atoms with Gasteiger partial charge in [0.15, 0.2) is 0 Å². The Morgan fingerprint density at radius 3 is 2.96 bits per heavy atom. The standard InChI is InChI=1S/C16H12N4O2S/c1-10-14(16(21)22)23-15(18-10)13-5-6-20(19-13)9-12-4-2-3-11(7-12)8-17/h2-7H,9H2,1H3,(H,21,22). The SMILES string of the molecule is Cc1nc(-c2ccn(Cc3cccc(C#N)c3)n2)sc1C(=O)O. The molecule has 0 amide bonds. The number of aromatic nitrogens is 3. The van der Waals surface area contributed by atoms with E-state index in [0.717, 1.165) is 16.9 Å². The molecule has 2 heterocycles. The van der Waals surface area contributed by atoms with Crippen LogP contribution in [-0.4, -0.2) is 25.8 Å². The van der Waals surface area contributed by atoms with Crippen LogP contribution in [0.1, 0.15) is 26.5 Å². The topological polar surface area (TPSA) is 91.8 Å². The van der Waals surface area contributed by atoms with Crippen molar-refractivity contribution in [3.63, 3.8) is 0 Å². The number of carboxylic acid groups (broad SMARTS) is 1. The van der Waals surface area contributed by atoms with Gasteiger partial charge in [0.1, 0.15) is 15.6 Å². The minimum atomic E-state index is -0.973. The van der Waals surface area contributed by atoms with Crippen molar-refractivity contribution in [1.82, 2.24) is 14.8 Å². The predicted octanol–water partition coefficient (Wildman–Crippen LogP) is 2.93. The molecule has 3 aromatic rings. The van der Waals surface area contributed by atoms with Crippen LogP contribution in [0.4, 0.5) is 0 Å². The second kappa shape index (κ2) is 6.02. The fourth-order valence-electron chi connectivity index (χ4n) is 2.19. The summed E-state index contributed by atoms with van der Waals surface area (Å²) in [5.41, 5.74) is 2.72. The molecule has 1 aromatic carbocycles. The lowest BCUT2D eigenvalue weighted by molar-refractivity contribution is 0.0701. The van der Waals surface area contributed by atoms with Gasteiger partial charge in [-0.15, -0.1) is 11.3 Å². The molecule has 0 fully saturated rings. The first-order valence-electron chi connectivity index (χ1n) is 6.80. The van der Waals surface area contributed by atoms with Gasteiger partial charge in [-0.2, -0.15) is 10.4 Å². The Morgan fingerprint density at radius 2 is 2.26 bits per heavy atom. The number of aromatic carboxylic acids is 1. The molecule has 114 valence electrons. The molecule has 0 atom stereocenters. The maximum absolute atomic E-state index is 11.1. The Kier molecular flexibility index (Phi) is 3.91. The zero-order chi connectivity index (χ0) is 16.4. The minimum absolute atomic E-state index is 0.233. The van der Waals surface area contributed by atoms with E-state index in [2.05, 4.69) is 16.2 Å². The van der Waals surface area contributed by atoms with Crippen LogP contribution in [0.2, 0.25) is 0 Å². The molecule has 7 heteroatoms. The van der Waals surface area contributed by atoms with Gasteiger partial charge in [0, 0.05) is 6.20 Å². The summed E-state index contributed by atoms with van der Waals surface area (Å²) >= 11 is 1.12. The summed E-state index contributed by atoms with van der Waals surface area (Å²) in [4.78, 5) is 15.6. The van der Waals surface area contributed by atoms with Crippen LogP contribution < -0.4 is 0 Å². The van der Waals surface area contributed by atoms with Crippen LogP contribution in [0.25, 0.3) is 10.7 Å². The average Bonchev–Trinajstić information content (AvgIpc) is 3.14. The molecule has 0 spiro atoms. The summed E-state index contributed by atoms with van der Waals surface area (Å²) in [6, 6.07) is 11.2. The van der Waals surface area contributed by atoms with Crippen LogP contribution in [0.3, 0.4) is 0 Å². The molecule has 1 N–H and O–H groups in total. The molecular weight excluding hydrogens is 312 g/mol. The third kappa shape index (κ3) is 3.12. The Balaban J connectivity index is 1.84. The van der Waals surface area contributed by atoms with E-state index in [4.69, 9.17) is 10.4 Å². The van der Waals surface area contributed by atoms with Crippen molar-refractivity contribution in [3.05, 3.63) is 58.2 Å². The number of carboxylic acids is 1. The van der Waals surface area contributed by atoms with Gasteiger partial charge in [0.25, 0.3) is 0 Å². The van der Waals surface area contributed by atoms with E-state index in [9.17, 15) is 4.79 Å². The molecule has 0 saturated heterocycles. The number of benzene rings is 1. The normalized spacial score (nSPS) is 10.4. The molecule has 0 unspecified atom stereocenters. The van der Waals surface area contributed by atoms with Crippen LogP contribution in [0, 0.1) is 18.3 Å². The third-order valence-corrected chi connectivity index (χ3v) is 4.42. The van der Waals surface area contributed by atoms with E-state index in [1.165, 1.54) is 0 Å². The first-order chi connectivity index (χ1) is 11.1. The summed E-state index contributed by atoms with van der Waals surface area (Å²) < 4.78 is 1.74. The molecule has 0 radical (unpaired) electrons. The number of thiazole rings is 1. The number of aryl methyl sites for hydroxylation is 1. The van der Waals surface area contributed by atoms with Crippen molar-refractivity contribution < 1.29 is 9.90 Å². The van der Waals surface area contributed by atoms with Crippen molar-refractivity contribution in [2.45, 2.75) is 13.5 Å². The van der Waals surface area contributed by atoms with Crippen molar-refractivity contribution in [3.8, 4) is 16.8 Å². The minimum Gasteiger partial charge on any atom is -0.477 e. The van der Waals surface area contributed by atoms with Crippen LogP contribution in [0.15, 0.2) is 36.5 Å². The van der Waals surface area contributed by atoms with Gasteiger partial charge in [-0.3, -0.25) is 4.68 Å². The number of hydrogen-bond donors (Lipinski definition) is 1. The zero-order valence-electron chi connectivity index (χ0n) is 12.2. The van der Waals surface area contributed by atoms with Gasteiger partial charge >= 0.3 is 5.97 Å². The number of nitriles is 1. The van der Waals surface area contributed by atoms with E-state index in [1.54, 1.807) is 23.7 Å². The summed E-state index contributed by atoms with van der Waals surface area (Å²) in [6.07, 6.45) is 1.81. The Morgan fingerprint density at radius 1 is 1.43 bits per heavy atom. The smallest absolute Gasteiger partial charge is 0.347 e. The van der Waals surface area contributed by atoms with Gasteiger partial charge in [0.2, 0.25) is 0 Å². The molecule has 0 aliphatic rings. The van der Waals surface area contributed by atoms with E-state index >= 15 is 0 Å². The summed E-state index contributed by atoms with van der Waals surface area (Å²) in [6.45, 7) is 2.21. The molecule has 0 aliphatic carbocycles. The highest BCUT2D eigenvalue weighted by Crippen LogP contribution is 2.26. The molecule has 3 rings (SSSR count). The van der Waals surface area contributed by atoms with Crippen molar-refractivity contribution in [2.75, 3.05) is 0 Å². The van der Waals surface area contributed by atoms with Crippen molar-refractivity contribution >= 4 is 17.3 Å². The van der Waals surface area contributed by atoms with Gasteiger partial charge in [-0.05, 0) is 30.7 Å². The predicted molar refractivity (Wildman–Crippen MR) is 85.3 cm³/mol. The summed E-state index contributed by atoms with van der Waals surface area (Å²) in [7, 11) is 0. The lowest BCUT2D eigenvalue weighted by Crippen LogP contribution is -2.00. The second-order valence-corrected chi connectivity index (χ2v) is 5.95. The van der Waals surface area contributed by atoms with Gasteiger partial charge < -0.3 is 5.11 Å². The highest BCUT2D eigenvalue weighted by Gasteiger charge is 2.16. The monoisotopic (exact) mass is 324 g/mol. The van der Waals surface area contributed by atoms with Crippen LogP contribution in [-0.2, 0) is 6.54 Å². The number of rotatable bonds is 4. The Labute approximate surface area is 136 Å². The van der Waals surface area contributed by atoms with Gasteiger partial charge in [0.05, 0.1) is 23.9 Å². The summed E-state index contributed by atoms with van der Waals surface area (Å²) in [5, 5.41) is 23.0. The van der Waals surface area contributed by atoms with E-state index in [1.807, 2.05) is 24.4 Å². The van der Waals surface area contributed by atoms with E-state index in [-0.39, 0.29) is 4.88 Å². The molecule has 23 heavy (non-hydrogen) atoms. The molecule has 0 aliphatic heterocycles. The van der Waals surface area contributed by atoms with Crippen molar-refractivity contribution in [1.29, 1.82) is 5.26 Å². The maximum Gasteiger partial charge on any atom is 0.347 e. The molecule has 0 bridgehead atoms. The maximum atomic E-state index is 11.1. The first kappa shape index (κ1) is 14.9. The highest BCUT2D eigenvalue weighted by molar-refractivity contribution is 7.17. The molecule has 0 saturated carbocycles. The fourth-order valence-corrected chi connectivity index (χ4v) is 3.06. The number of hydrogen-bond acceptors (Lipinski definition) is 5. The first-order valence-corrected chi connectivity index (χ1v) is 7.62. The zero-order valence-corrected chi connectivity index (χ0v) is 13.0. The van der Waals surface area contributed by atoms with Crippen molar-refractivity contribution in [2.24, 2.45) is 0 Å². The van der Waals surface area contributed by atoms with Gasteiger partial charge in [-0.1, -0.05) is 12.1 Å². The largest absolute Gasteiger partial charge is 0.477 e. The lowest BCUT2D eigenvalue weighted by Gasteiger charge is -2.02. The number of nitrogens with zero attached hydrogens (tertiary/aromatic N) is 4. The number of carbonyl (C=O) groups is 1.